The maximum absolute atomic E-state index is 12.1. The molecule has 110 valence electrons. The Bertz CT molecular complexity index is 629. The quantitative estimate of drug-likeness (QED) is 0.830. The minimum atomic E-state index is -0.380. The molecule has 2 aromatic rings. The lowest BCUT2D eigenvalue weighted by Gasteiger charge is -2.09. The van der Waals surface area contributed by atoms with Crippen molar-refractivity contribution in [2.24, 2.45) is 0 Å². The lowest BCUT2D eigenvalue weighted by molar-refractivity contribution is 0.0885. The van der Waals surface area contributed by atoms with Crippen molar-refractivity contribution in [3.8, 4) is 0 Å². The molecule has 0 spiro atoms. The maximum atomic E-state index is 12.1. The van der Waals surface area contributed by atoms with Crippen LogP contribution in [0.4, 0.5) is 0 Å². The number of Topliss-reactive ketones (excluding diaryl/α,β-unsaturated/α-hetero) is 1. The van der Waals surface area contributed by atoms with Crippen molar-refractivity contribution >= 4 is 11.7 Å². The molecule has 0 saturated carbocycles. The highest BCUT2D eigenvalue weighted by atomic mass is 16.3. The van der Waals surface area contributed by atoms with Gasteiger partial charge in [-0.05, 0) is 42.2 Å². The number of carbonyl (C=O) groups is 2. The summed E-state index contributed by atoms with van der Waals surface area (Å²) in [7, 11) is 0. The predicted molar refractivity (Wildman–Crippen MR) is 80.6 cm³/mol. The number of benzene rings is 1. The van der Waals surface area contributed by atoms with Gasteiger partial charge < -0.3 is 9.73 Å². The Hall–Kier alpha value is -2.36. The summed E-state index contributed by atoms with van der Waals surface area (Å²) >= 11 is 0. The summed E-state index contributed by atoms with van der Waals surface area (Å²) in [5.74, 6) is -0.278. The molecule has 4 heteroatoms. The number of hydrogen-bond acceptors (Lipinski definition) is 3. The van der Waals surface area contributed by atoms with Gasteiger partial charge in [-0.3, -0.25) is 9.59 Å². The van der Waals surface area contributed by atoms with Gasteiger partial charge in [-0.1, -0.05) is 26.0 Å². The number of hydrogen-bond donors (Lipinski definition) is 1. The number of aryl methyl sites for hydroxylation is 2. The van der Waals surface area contributed by atoms with E-state index in [0.29, 0.717) is 5.56 Å². The zero-order valence-electron chi connectivity index (χ0n) is 12.3. The normalized spacial score (nSPS) is 10.4. The van der Waals surface area contributed by atoms with Gasteiger partial charge in [0.05, 0.1) is 12.8 Å². The zero-order chi connectivity index (χ0) is 15.2. The fourth-order valence-corrected chi connectivity index (χ4v) is 2.23. The monoisotopic (exact) mass is 285 g/mol. The molecule has 1 aromatic carbocycles. The molecule has 0 saturated heterocycles. The minimum absolute atomic E-state index is 0.0336. The molecule has 0 aliphatic carbocycles. The van der Waals surface area contributed by atoms with Crippen molar-refractivity contribution in [1.82, 2.24) is 5.32 Å². The Labute approximate surface area is 124 Å². The Kier molecular flexibility index (Phi) is 4.93. The molecule has 1 heterocycles. The molecule has 0 aliphatic rings. The molecule has 0 unspecified atom stereocenters. The van der Waals surface area contributed by atoms with Gasteiger partial charge in [-0.15, -0.1) is 0 Å². The van der Waals surface area contributed by atoms with Gasteiger partial charge in [-0.25, -0.2) is 0 Å². The lowest BCUT2D eigenvalue weighted by Crippen LogP contribution is -2.29. The third-order valence-corrected chi connectivity index (χ3v) is 3.44. The summed E-state index contributed by atoms with van der Waals surface area (Å²) in [5, 5.41) is 2.57. The third-order valence-electron chi connectivity index (χ3n) is 3.44. The van der Waals surface area contributed by atoms with E-state index in [1.54, 1.807) is 12.1 Å². The van der Waals surface area contributed by atoms with Gasteiger partial charge in [-0.2, -0.15) is 0 Å². The summed E-state index contributed by atoms with van der Waals surface area (Å²) in [5.41, 5.74) is 3.07. The van der Waals surface area contributed by atoms with Crippen LogP contribution in [-0.4, -0.2) is 18.2 Å². The molecule has 0 atom stereocenters. The predicted octanol–water partition coefficient (Wildman–Crippen LogP) is 3.02. The molecule has 2 rings (SSSR count). The van der Waals surface area contributed by atoms with Crippen molar-refractivity contribution in [1.29, 1.82) is 0 Å². The van der Waals surface area contributed by atoms with E-state index in [4.69, 9.17) is 4.42 Å². The average molecular weight is 285 g/mol. The Balaban J connectivity index is 2.02. The van der Waals surface area contributed by atoms with Crippen LogP contribution in [0.15, 0.2) is 41.0 Å². The molecule has 1 aromatic heterocycles. The first kappa shape index (κ1) is 15.0. The van der Waals surface area contributed by atoms with E-state index >= 15 is 0 Å². The lowest BCUT2D eigenvalue weighted by atomic mass is 9.98. The highest BCUT2D eigenvalue weighted by Gasteiger charge is 2.12. The van der Waals surface area contributed by atoms with Crippen molar-refractivity contribution in [2.45, 2.75) is 26.7 Å². The molecule has 0 bridgehead atoms. The van der Waals surface area contributed by atoms with E-state index in [-0.39, 0.29) is 24.0 Å². The fourth-order valence-electron chi connectivity index (χ4n) is 2.23. The molecule has 1 N–H and O–H groups in total. The van der Waals surface area contributed by atoms with Gasteiger partial charge in [0.25, 0.3) is 5.91 Å². The second-order valence-electron chi connectivity index (χ2n) is 4.77. The first-order valence-corrected chi connectivity index (χ1v) is 7.12. The maximum Gasteiger partial charge on any atom is 0.287 e. The number of rotatable bonds is 6. The Morgan fingerprint density at radius 2 is 1.86 bits per heavy atom. The highest BCUT2D eigenvalue weighted by molar-refractivity contribution is 6.01. The van der Waals surface area contributed by atoms with E-state index in [1.165, 1.54) is 17.4 Å². The summed E-state index contributed by atoms with van der Waals surface area (Å²) in [6.45, 7) is 4.13. The second kappa shape index (κ2) is 6.88. The molecule has 0 aliphatic heterocycles. The van der Waals surface area contributed by atoms with Crippen LogP contribution in [0.2, 0.25) is 0 Å². The number of ketones is 1. The van der Waals surface area contributed by atoms with Crippen LogP contribution in [0.25, 0.3) is 0 Å². The molecular formula is C17H19NO3. The summed E-state index contributed by atoms with van der Waals surface area (Å²) < 4.78 is 4.98. The summed E-state index contributed by atoms with van der Waals surface area (Å²) in [4.78, 5) is 23.8. The van der Waals surface area contributed by atoms with E-state index in [9.17, 15) is 9.59 Å². The van der Waals surface area contributed by atoms with Crippen LogP contribution >= 0.6 is 0 Å². The van der Waals surface area contributed by atoms with Crippen LogP contribution in [-0.2, 0) is 12.8 Å². The van der Waals surface area contributed by atoms with Crippen LogP contribution in [0.3, 0.4) is 0 Å². The fraction of sp³-hybridized carbons (Fsp3) is 0.294. The largest absolute Gasteiger partial charge is 0.459 e. The van der Waals surface area contributed by atoms with Gasteiger partial charge >= 0.3 is 0 Å². The molecule has 21 heavy (non-hydrogen) atoms. The number of amides is 1. The molecule has 1 amide bonds. The van der Waals surface area contributed by atoms with Crippen molar-refractivity contribution in [3.63, 3.8) is 0 Å². The number of nitrogens with one attached hydrogen (secondary N) is 1. The minimum Gasteiger partial charge on any atom is -0.459 e. The average Bonchev–Trinajstić information content (AvgIpc) is 3.06. The number of furan rings is 1. The van der Waals surface area contributed by atoms with Gasteiger partial charge in [0.2, 0.25) is 0 Å². The molecular weight excluding hydrogens is 266 g/mol. The smallest absolute Gasteiger partial charge is 0.287 e. The SMILES string of the molecule is CCc1ccc(C(=O)CNC(=O)c2ccco2)cc1CC. The summed E-state index contributed by atoms with van der Waals surface area (Å²) in [6, 6.07) is 8.92. The topological polar surface area (TPSA) is 59.3 Å². The van der Waals surface area contributed by atoms with Crippen LogP contribution in [0, 0.1) is 0 Å². The molecule has 0 radical (unpaired) electrons. The zero-order valence-corrected chi connectivity index (χ0v) is 12.3. The van der Waals surface area contributed by atoms with Crippen molar-refractivity contribution in [2.75, 3.05) is 6.54 Å². The van der Waals surface area contributed by atoms with E-state index < -0.39 is 0 Å². The van der Waals surface area contributed by atoms with E-state index in [1.807, 2.05) is 18.2 Å². The van der Waals surface area contributed by atoms with Gasteiger partial charge in [0.1, 0.15) is 0 Å². The van der Waals surface area contributed by atoms with Crippen LogP contribution in [0.5, 0.6) is 0 Å². The standard InChI is InChI=1S/C17H19NO3/c1-3-12-7-8-14(10-13(12)4-2)15(19)11-18-17(20)16-6-5-9-21-16/h5-10H,3-4,11H2,1-2H3,(H,18,20). The van der Waals surface area contributed by atoms with Gasteiger partial charge in [0, 0.05) is 5.56 Å². The molecule has 4 nitrogen and oxygen atoms in total. The summed E-state index contributed by atoms with van der Waals surface area (Å²) in [6.07, 6.45) is 3.27. The highest BCUT2D eigenvalue weighted by Crippen LogP contribution is 2.14. The van der Waals surface area contributed by atoms with Crippen molar-refractivity contribution < 1.29 is 14.0 Å². The van der Waals surface area contributed by atoms with Gasteiger partial charge in [0.15, 0.2) is 11.5 Å². The van der Waals surface area contributed by atoms with Crippen LogP contribution in [0.1, 0.15) is 45.9 Å². The first-order valence-electron chi connectivity index (χ1n) is 7.12. The molecule has 0 fully saturated rings. The second-order valence-corrected chi connectivity index (χ2v) is 4.77. The van der Waals surface area contributed by atoms with Crippen molar-refractivity contribution in [3.05, 3.63) is 59.0 Å². The Morgan fingerprint density at radius 3 is 2.48 bits per heavy atom. The third kappa shape index (κ3) is 3.60. The Morgan fingerprint density at radius 1 is 1.10 bits per heavy atom. The first-order chi connectivity index (χ1) is 10.2. The van der Waals surface area contributed by atoms with E-state index in [0.717, 1.165) is 12.8 Å². The van der Waals surface area contributed by atoms with E-state index in [2.05, 4.69) is 19.2 Å². The van der Waals surface area contributed by atoms with Crippen LogP contribution < -0.4 is 5.32 Å². The number of carbonyl (C=O) groups excluding carboxylic acids is 2.